The predicted molar refractivity (Wildman–Crippen MR) is 107 cm³/mol. The van der Waals surface area contributed by atoms with Crippen LogP contribution in [0.2, 0.25) is 0 Å². The third kappa shape index (κ3) is 3.51. The fourth-order valence-corrected chi connectivity index (χ4v) is 3.69. The fraction of sp³-hybridized carbons (Fsp3) is 0.409. The van der Waals surface area contributed by atoms with Gasteiger partial charge in [-0.2, -0.15) is 5.10 Å². The summed E-state index contributed by atoms with van der Waals surface area (Å²) in [5.74, 6) is 0.128. The van der Waals surface area contributed by atoms with Crippen molar-refractivity contribution in [2.45, 2.75) is 39.5 Å². The van der Waals surface area contributed by atoms with Gasteiger partial charge in [0.05, 0.1) is 18.8 Å². The van der Waals surface area contributed by atoms with Gasteiger partial charge in [0.2, 0.25) is 5.91 Å². The first-order chi connectivity index (χ1) is 13.6. The molecule has 0 atom stereocenters. The Hall–Kier alpha value is -2.76. The van der Waals surface area contributed by atoms with Gasteiger partial charge in [-0.25, -0.2) is 9.50 Å². The van der Waals surface area contributed by atoms with Gasteiger partial charge in [0.1, 0.15) is 0 Å². The minimum atomic E-state index is -0.304. The first-order valence-electron chi connectivity index (χ1n) is 9.85. The van der Waals surface area contributed by atoms with Crippen LogP contribution in [0.15, 0.2) is 30.3 Å². The number of halogens is 1. The van der Waals surface area contributed by atoms with E-state index in [1.54, 1.807) is 0 Å². The Kier molecular flexibility index (Phi) is 5.11. The van der Waals surface area contributed by atoms with Crippen molar-refractivity contribution in [3.63, 3.8) is 0 Å². The van der Waals surface area contributed by atoms with Crippen molar-refractivity contribution < 1.29 is 9.18 Å². The number of carbonyl (C=O) groups is 1. The van der Waals surface area contributed by atoms with Gasteiger partial charge < -0.3 is 4.90 Å². The van der Waals surface area contributed by atoms with Crippen LogP contribution in [0.1, 0.15) is 35.4 Å². The number of nitrogens with zero attached hydrogens (tertiary/aromatic N) is 4. The third-order valence-corrected chi connectivity index (χ3v) is 5.35. The number of aromatic nitrogens is 3. The Balaban J connectivity index is 1.76. The molecule has 0 bridgehead atoms. The number of fused-ring (bicyclic) bond motifs is 1. The second kappa shape index (κ2) is 7.70. The normalized spacial score (nSPS) is 13.8. The molecule has 28 heavy (non-hydrogen) atoms. The molecular weight excluding hydrogens is 355 g/mol. The van der Waals surface area contributed by atoms with Gasteiger partial charge in [0.25, 0.3) is 0 Å². The molecule has 1 aromatic carbocycles. The van der Waals surface area contributed by atoms with Gasteiger partial charge >= 0.3 is 0 Å². The highest BCUT2D eigenvalue weighted by atomic mass is 19.1. The van der Waals surface area contributed by atoms with Crippen molar-refractivity contribution in [2.75, 3.05) is 19.8 Å². The summed E-state index contributed by atoms with van der Waals surface area (Å²) in [6.45, 7) is 5.32. The van der Waals surface area contributed by atoms with Crippen molar-refractivity contribution in [1.29, 1.82) is 0 Å². The number of alkyl halides is 1. The Morgan fingerprint density at radius 1 is 1.18 bits per heavy atom. The van der Waals surface area contributed by atoms with Crippen LogP contribution in [0.3, 0.4) is 0 Å². The van der Waals surface area contributed by atoms with Gasteiger partial charge in [-0.3, -0.25) is 9.18 Å². The summed E-state index contributed by atoms with van der Waals surface area (Å²) in [6, 6.07) is 10.0. The number of rotatable bonds is 6. The Morgan fingerprint density at radius 3 is 2.57 bits per heavy atom. The highest BCUT2D eigenvalue weighted by Crippen LogP contribution is 2.28. The number of hydrogen-bond donors (Lipinski definition) is 0. The molecule has 0 aliphatic carbocycles. The Bertz CT molecular complexity index is 1010. The summed E-state index contributed by atoms with van der Waals surface area (Å²) in [5.41, 5.74) is 6.39. The van der Waals surface area contributed by atoms with Crippen LogP contribution >= 0.6 is 0 Å². The molecule has 1 amide bonds. The van der Waals surface area contributed by atoms with Crippen LogP contribution in [0.5, 0.6) is 0 Å². The van der Waals surface area contributed by atoms with E-state index in [2.05, 4.69) is 4.98 Å². The lowest BCUT2D eigenvalue weighted by molar-refractivity contribution is -0.133. The van der Waals surface area contributed by atoms with Crippen molar-refractivity contribution >= 4 is 11.6 Å². The number of amides is 1. The number of carbonyl (C=O) groups excluding carboxylic acids is 1. The van der Waals surface area contributed by atoms with E-state index < -0.39 is 0 Å². The minimum absolute atomic E-state index is 0.128. The molecule has 1 aliphatic rings. The molecule has 0 spiro atoms. The second-order valence-electron chi connectivity index (χ2n) is 7.50. The van der Waals surface area contributed by atoms with Gasteiger partial charge in [-0.15, -0.1) is 0 Å². The summed E-state index contributed by atoms with van der Waals surface area (Å²) < 4.78 is 14.3. The van der Waals surface area contributed by atoms with Gasteiger partial charge in [-0.05, 0) is 44.7 Å². The average molecular weight is 380 g/mol. The maximum Gasteiger partial charge on any atom is 0.227 e. The largest absolute Gasteiger partial charge is 0.342 e. The fourth-order valence-electron chi connectivity index (χ4n) is 3.69. The zero-order valence-electron chi connectivity index (χ0n) is 16.4. The second-order valence-corrected chi connectivity index (χ2v) is 7.50. The Labute approximate surface area is 164 Å². The molecule has 4 rings (SSSR count). The molecule has 1 aliphatic heterocycles. The topological polar surface area (TPSA) is 50.5 Å². The van der Waals surface area contributed by atoms with E-state index in [4.69, 9.17) is 5.10 Å². The molecular formula is C22H25FN4O. The first-order valence-corrected chi connectivity index (χ1v) is 9.85. The van der Waals surface area contributed by atoms with E-state index in [1.807, 2.05) is 53.6 Å². The molecule has 1 saturated heterocycles. The summed E-state index contributed by atoms with van der Waals surface area (Å²) >= 11 is 0. The van der Waals surface area contributed by atoms with E-state index in [0.29, 0.717) is 12.8 Å². The van der Waals surface area contributed by atoms with Crippen molar-refractivity contribution in [3.05, 3.63) is 52.8 Å². The number of aryl methyl sites for hydroxylation is 3. The van der Waals surface area contributed by atoms with Crippen LogP contribution in [-0.2, 0) is 17.6 Å². The molecule has 3 aromatic rings. The van der Waals surface area contributed by atoms with Crippen LogP contribution < -0.4 is 0 Å². The van der Waals surface area contributed by atoms with E-state index in [0.717, 1.165) is 65.4 Å². The lowest BCUT2D eigenvalue weighted by atomic mass is 10.0. The Morgan fingerprint density at radius 2 is 1.93 bits per heavy atom. The highest BCUT2D eigenvalue weighted by molar-refractivity contribution is 5.85. The summed E-state index contributed by atoms with van der Waals surface area (Å²) in [4.78, 5) is 19.3. The molecule has 3 heterocycles. The molecule has 0 N–H and O–H groups in total. The molecule has 146 valence electrons. The van der Waals surface area contributed by atoms with E-state index in [1.165, 1.54) is 0 Å². The SMILES string of the molecule is Cc1cc(C)n2nc(-c3ccc(CCCF)cc3)c(CC(=O)N3CCC3)c2n1. The molecule has 5 nitrogen and oxygen atoms in total. The summed E-state index contributed by atoms with van der Waals surface area (Å²) in [6.07, 6.45) is 2.64. The first kappa shape index (κ1) is 18.6. The molecule has 1 fully saturated rings. The van der Waals surface area contributed by atoms with Gasteiger partial charge in [0.15, 0.2) is 5.65 Å². The van der Waals surface area contributed by atoms with E-state index in [-0.39, 0.29) is 12.6 Å². The summed E-state index contributed by atoms with van der Waals surface area (Å²) in [5, 5.41) is 4.80. The molecule has 6 heteroatoms. The smallest absolute Gasteiger partial charge is 0.227 e. The number of likely N-dealkylation sites (tertiary alicyclic amines) is 1. The van der Waals surface area contributed by atoms with Crippen LogP contribution in [0, 0.1) is 13.8 Å². The standard InChI is InChI=1S/C22H25FN4O/c1-15-13-16(2)27-22(24-15)19(14-20(28)26-11-4-12-26)21(25-27)18-8-6-17(7-9-18)5-3-10-23/h6-9,13H,3-5,10-12,14H2,1-2H3. The zero-order valence-corrected chi connectivity index (χ0v) is 16.4. The maximum absolute atomic E-state index is 12.7. The predicted octanol–water partition coefficient (Wildman–Crippen LogP) is 3.69. The molecule has 2 aromatic heterocycles. The highest BCUT2D eigenvalue weighted by Gasteiger charge is 2.25. The van der Waals surface area contributed by atoms with Crippen LogP contribution in [0.25, 0.3) is 16.9 Å². The lowest BCUT2D eigenvalue weighted by Crippen LogP contribution is -2.42. The number of hydrogen-bond acceptors (Lipinski definition) is 3. The van der Waals surface area contributed by atoms with Crippen LogP contribution in [-0.4, -0.2) is 45.2 Å². The average Bonchev–Trinajstić information content (AvgIpc) is 2.97. The van der Waals surface area contributed by atoms with E-state index in [9.17, 15) is 9.18 Å². The van der Waals surface area contributed by atoms with Crippen molar-refractivity contribution in [1.82, 2.24) is 19.5 Å². The zero-order chi connectivity index (χ0) is 19.7. The maximum atomic E-state index is 12.7. The third-order valence-electron chi connectivity index (χ3n) is 5.35. The molecule has 0 saturated carbocycles. The van der Waals surface area contributed by atoms with Crippen molar-refractivity contribution in [2.24, 2.45) is 0 Å². The van der Waals surface area contributed by atoms with Crippen LogP contribution in [0.4, 0.5) is 4.39 Å². The molecule has 0 radical (unpaired) electrons. The molecule has 0 unspecified atom stereocenters. The lowest BCUT2D eigenvalue weighted by Gasteiger charge is -2.30. The number of benzene rings is 1. The minimum Gasteiger partial charge on any atom is -0.342 e. The van der Waals surface area contributed by atoms with Crippen molar-refractivity contribution in [3.8, 4) is 11.3 Å². The van der Waals surface area contributed by atoms with Gasteiger partial charge in [0, 0.05) is 35.6 Å². The monoisotopic (exact) mass is 380 g/mol. The summed E-state index contributed by atoms with van der Waals surface area (Å²) in [7, 11) is 0. The van der Waals surface area contributed by atoms with E-state index >= 15 is 0 Å². The quantitative estimate of drug-likeness (QED) is 0.655. The van der Waals surface area contributed by atoms with Gasteiger partial charge in [-0.1, -0.05) is 24.3 Å².